The van der Waals surface area contributed by atoms with Gasteiger partial charge in [-0.05, 0) is 41.2 Å². The number of morpholine rings is 1. The number of nitrogens with zero attached hydrogens (tertiary/aromatic N) is 2. The van der Waals surface area contributed by atoms with Crippen LogP contribution >= 0.6 is 15.9 Å². The molecule has 3 rings (SSSR count). The highest BCUT2D eigenvalue weighted by Crippen LogP contribution is 2.29. The maximum atomic E-state index is 12.0. The molecule has 20 heavy (non-hydrogen) atoms. The fraction of sp³-hybridized carbons (Fsp3) is 0.714. The first-order valence-corrected chi connectivity index (χ1v) is 8.01. The van der Waals surface area contributed by atoms with Crippen LogP contribution in [-0.2, 0) is 4.74 Å². The van der Waals surface area contributed by atoms with Gasteiger partial charge in [0.2, 0.25) is 0 Å². The molecule has 0 aromatic carbocycles. The van der Waals surface area contributed by atoms with Crippen LogP contribution < -0.4 is 5.56 Å². The molecule has 2 fully saturated rings. The van der Waals surface area contributed by atoms with Crippen LogP contribution in [-0.4, -0.2) is 40.6 Å². The molecule has 2 unspecified atom stereocenters. The van der Waals surface area contributed by atoms with Gasteiger partial charge in [-0.1, -0.05) is 13.8 Å². The molecule has 2 atom stereocenters. The molecule has 0 saturated carbocycles. The van der Waals surface area contributed by atoms with Crippen molar-refractivity contribution in [3.8, 4) is 0 Å². The number of ether oxygens (including phenoxy) is 1. The Morgan fingerprint density at radius 1 is 1.50 bits per heavy atom. The highest BCUT2D eigenvalue weighted by Gasteiger charge is 2.34. The summed E-state index contributed by atoms with van der Waals surface area (Å²) >= 11 is 3.33. The first kappa shape index (κ1) is 14.2. The van der Waals surface area contributed by atoms with Crippen molar-refractivity contribution in [3.63, 3.8) is 0 Å². The van der Waals surface area contributed by atoms with E-state index in [2.05, 4.69) is 30.8 Å². The van der Waals surface area contributed by atoms with E-state index in [1.807, 2.05) is 13.8 Å². The molecular weight excluding hydrogens is 322 g/mol. The molecule has 1 aromatic heterocycles. The first-order chi connectivity index (χ1) is 9.56. The van der Waals surface area contributed by atoms with Crippen molar-refractivity contribution >= 4 is 15.9 Å². The molecule has 0 aliphatic carbocycles. The fourth-order valence-corrected chi connectivity index (χ4v) is 3.66. The Labute approximate surface area is 126 Å². The molecule has 0 amide bonds. The molecule has 0 bridgehead atoms. The molecule has 1 aromatic rings. The largest absolute Gasteiger partial charge is 0.367 e. The zero-order valence-electron chi connectivity index (χ0n) is 11.9. The number of H-pyrrole nitrogens is 1. The molecule has 2 aliphatic rings. The van der Waals surface area contributed by atoms with E-state index in [0.717, 1.165) is 25.4 Å². The molecule has 5 nitrogen and oxygen atoms in total. The van der Waals surface area contributed by atoms with Crippen molar-refractivity contribution in [2.24, 2.45) is 0 Å². The number of fused-ring (bicyclic) bond motifs is 1. The average Bonchev–Trinajstić information content (AvgIpc) is 2.88. The van der Waals surface area contributed by atoms with Gasteiger partial charge in [0.1, 0.15) is 16.4 Å². The molecule has 0 spiro atoms. The van der Waals surface area contributed by atoms with Crippen molar-refractivity contribution in [2.45, 2.75) is 44.8 Å². The van der Waals surface area contributed by atoms with Gasteiger partial charge in [0.15, 0.2) is 0 Å². The summed E-state index contributed by atoms with van der Waals surface area (Å²) in [4.78, 5) is 21.9. The maximum absolute atomic E-state index is 12.0. The number of nitrogens with one attached hydrogen (secondary N) is 1. The lowest BCUT2D eigenvalue weighted by atomic mass is 10.1. The standard InChI is InChI=1S/C14H20BrN3O2/c1-8(2)12-11(15)14(19)17-13(16-12)10-6-18-5-3-4-9(18)7-20-10/h8-10H,3-7H2,1-2H3,(H,16,17,19). The number of aromatic amines is 1. The van der Waals surface area contributed by atoms with E-state index >= 15 is 0 Å². The second-order valence-corrected chi connectivity index (χ2v) is 6.71. The quantitative estimate of drug-likeness (QED) is 0.895. The van der Waals surface area contributed by atoms with Crippen LogP contribution in [0.15, 0.2) is 9.27 Å². The van der Waals surface area contributed by atoms with E-state index in [1.54, 1.807) is 0 Å². The summed E-state index contributed by atoms with van der Waals surface area (Å²) in [6.07, 6.45) is 2.33. The van der Waals surface area contributed by atoms with E-state index in [4.69, 9.17) is 4.74 Å². The number of aromatic nitrogens is 2. The van der Waals surface area contributed by atoms with Gasteiger partial charge < -0.3 is 9.72 Å². The third-order valence-corrected chi connectivity index (χ3v) is 4.91. The van der Waals surface area contributed by atoms with Crippen molar-refractivity contribution in [3.05, 3.63) is 26.3 Å². The van der Waals surface area contributed by atoms with E-state index in [-0.39, 0.29) is 17.6 Å². The Morgan fingerprint density at radius 2 is 2.30 bits per heavy atom. The summed E-state index contributed by atoms with van der Waals surface area (Å²) in [5.74, 6) is 0.862. The Balaban J connectivity index is 1.88. The van der Waals surface area contributed by atoms with Gasteiger partial charge in [-0.2, -0.15) is 0 Å². The summed E-state index contributed by atoms with van der Waals surface area (Å²) in [6.45, 7) is 6.76. The van der Waals surface area contributed by atoms with Crippen LogP contribution in [0.4, 0.5) is 0 Å². The van der Waals surface area contributed by atoms with Crippen LogP contribution in [0.1, 0.15) is 50.2 Å². The zero-order valence-corrected chi connectivity index (χ0v) is 13.4. The maximum Gasteiger partial charge on any atom is 0.265 e. The molecule has 2 aliphatic heterocycles. The molecule has 1 N–H and O–H groups in total. The predicted molar refractivity (Wildman–Crippen MR) is 79.9 cm³/mol. The molecule has 3 heterocycles. The smallest absolute Gasteiger partial charge is 0.265 e. The highest BCUT2D eigenvalue weighted by atomic mass is 79.9. The Bertz CT molecular complexity index is 558. The average molecular weight is 342 g/mol. The third-order valence-electron chi connectivity index (χ3n) is 4.15. The highest BCUT2D eigenvalue weighted by molar-refractivity contribution is 9.10. The molecular formula is C14H20BrN3O2. The predicted octanol–water partition coefficient (Wildman–Crippen LogP) is 2.19. The van der Waals surface area contributed by atoms with Gasteiger partial charge in [-0.25, -0.2) is 4.98 Å². The Morgan fingerprint density at radius 3 is 3.05 bits per heavy atom. The first-order valence-electron chi connectivity index (χ1n) is 7.21. The minimum Gasteiger partial charge on any atom is -0.367 e. The number of hydrogen-bond donors (Lipinski definition) is 1. The summed E-state index contributed by atoms with van der Waals surface area (Å²) in [5, 5.41) is 0. The third kappa shape index (κ3) is 2.56. The zero-order chi connectivity index (χ0) is 14.3. The van der Waals surface area contributed by atoms with Crippen LogP contribution in [0.5, 0.6) is 0 Å². The minimum absolute atomic E-state index is 0.120. The second-order valence-electron chi connectivity index (χ2n) is 5.92. The van der Waals surface area contributed by atoms with E-state index in [9.17, 15) is 4.79 Å². The van der Waals surface area contributed by atoms with Gasteiger partial charge in [0, 0.05) is 12.6 Å². The van der Waals surface area contributed by atoms with Crippen molar-refractivity contribution < 1.29 is 4.74 Å². The lowest BCUT2D eigenvalue weighted by Gasteiger charge is -2.34. The summed E-state index contributed by atoms with van der Waals surface area (Å²) in [5.41, 5.74) is 0.682. The summed E-state index contributed by atoms with van der Waals surface area (Å²) in [7, 11) is 0. The summed E-state index contributed by atoms with van der Waals surface area (Å²) < 4.78 is 6.45. The van der Waals surface area contributed by atoms with Gasteiger partial charge in [-0.3, -0.25) is 9.69 Å². The lowest BCUT2D eigenvalue weighted by molar-refractivity contribution is -0.0543. The van der Waals surface area contributed by atoms with Crippen molar-refractivity contribution in [1.29, 1.82) is 0 Å². The van der Waals surface area contributed by atoms with Crippen LogP contribution in [0.2, 0.25) is 0 Å². The normalized spacial score (nSPS) is 27.0. The van der Waals surface area contributed by atoms with Gasteiger partial charge in [-0.15, -0.1) is 0 Å². The van der Waals surface area contributed by atoms with Gasteiger partial charge in [0.25, 0.3) is 5.56 Å². The summed E-state index contributed by atoms with van der Waals surface area (Å²) in [6, 6.07) is 0.554. The molecule has 2 saturated heterocycles. The lowest BCUT2D eigenvalue weighted by Crippen LogP contribution is -2.43. The van der Waals surface area contributed by atoms with Crippen LogP contribution in [0.25, 0.3) is 0 Å². The Hall–Kier alpha value is -0.720. The topological polar surface area (TPSA) is 58.2 Å². The number of hydrogen-bond acceptors (Lipinski definition) is 4. The minimum atomic E-state index is -0.123. The second kappa shape index (κ2) is 5.58. The molecule has 0 radical (unpaired) electrons. The van der Waals surface area contributed by atoms with E-state index < -0.39 is 0 Å². The van der Waals surface area contributed by atoms with Gasteiger partial charge in [0.05, 0.1) is 12.3 Å². The Kier molecular flexibility index (Phi) is 3.97. The SMILES string of the molecule is CC(C)c1nc(C2CN3CCCC3CO2)[nH]c(=O)c1Br. The van der Waals surface area contributed by atoms with Crippen molar-refractivity contribution in [1.82, 2.24) is 14.9 Å². The van der Waals surface area contributed by atoms with E-state index in [1.165, 1.54) is 12.8 Å². The van der Waals surface area contributed by atoms with E-state index in [0.29, 0.717) is 16.3 Å². The van der Waals surface area contributed by atoms with Crippen LogP contribution in [0.3, 0.4) is 0 Å². The van der Waals surface area contributed by atoms with Crippen molar-refractivity contribution in [2.75, 3.05) is 19.7 Å². The number of rotatable bonds is 2. The monoisotopic (exact) mass is 341 g/mol. The molecule has 110 valence electrons. The van der Waals surface area contributed by atoms with Gasteiger partial charge >= 0.3 is 0 Å². The molecule has 6 heteroatoms. The number of halogens is 1. The fourth-order valence-electron chi connectivity index (χ4n) is 3.01. The van der Waals surface area contributed by atoms with Crippen LogP contribution in [0, 0.1) is 0 Å².